The largest absolute Gasteiger partial charge is 0.506 e. The zero-order valence-electron chi connectivity index (χ0n) is 13.8. The number of aromatic carboxylic acids is 1. The number of nitrogens with zero attached hydrogens (tertiary/aromatic N) is 2. The predicted octanol–water partition coefficient (Wildman–Crippen LogP) is 4.69. The van der Waals surface area contributed by atoms with Crippen LogP contribution in [0.4, 0.5) is 5.69 Å². The molecule has 0 bridgehead atoms. The van der Waals surface area contributed by atoms with Crippen molar-refractivity contribution in [2.24, 2.45) is 4.99 Å². The number of thioether (sulfide) groups is 1. The van der Waals surface area contributed by atoms with Gasteiger partial charge in [0.1, 0.15) is 5.75 Å². The van der Waals surface area contributed by atoms with Crippen LogP contribution in [0.3, 0.4) is 0 Å². The van der Waals surface area contributed by atoms with Gasteiger partial charge in [-0.1, -0.05) is 15.9 Å². The average Bonchev–Trinajstić information content (AvgIpc) is 2.87. The second-order valence-electron chi connectivity index (χ2n) is 5.55. The highest BCUT2D eigenvalue weighted by Gasteiger charge is 2.30. The van der Waals surface area contributed by atoms with Crippen LogP contribution in [0.2, 0.25) is 0 Å². The molecule has 1 aliphatic heterocycles. The standard InChI is InChI=1S/C18H12BrIN2O4S/c1-22-16(24)14(7-10-6-11(19)8-13(20)15(10)23)27-18(22)21-12-4-2-9(3-5-12)17(25)26/h2-8,23H,1H3,(H,25,26). The van der Waals surface area contributed by atoms with Gasteiger partial charge < -0.3 is 10.2 Å². The van der Waals surface area contributed by atoms with Crippen LogP contribution in [0, 0.1) is 3.57 Å². The van der Waals surface area contributed by atoms with Crippen molar-refractivity contribution in [1.29, 1.82) is 0 Å². The molecule has 1 heterocycles. The molecule has 3 rings (SSSR count). The number of hydrogen-bond acceptors (Lipinski definition) is 5. The third kappa shape index (κ3) is 4.36. The first-order chi connectivity index (χ1) is 12.8. The number of halogens is 2. The van der Waals surface area contributed by atoms with E-state index in [1.807, 2.05) is 22.6 Å². The Hall–Kier alpha value is -1.85. The van der Waals surface area contributed by atoms with E-state index < -0.39 is 5.97 Å². The van der Waals surface area contributed by atoms with Gasteiger partial charge in [0, 0.05) is 17.1 Å². The van der Waals surface area contributed by atoms with Gasteiger partial charge in [-0.05, 0) is 76.8 Å². The molecule has 2 aromatic carbocycles. The molecule has 9 heteroatoms. The van der Waals surface area contributed by atoms with E-state index in [-0.39, 0.29) is 17.2 Å². The van der Waals surface area contributed by atoms with Crippen molar-refractivity contribution < 1.29 is 19.8 Å². The maximum absolute atomic E-state index is 12.5. The van der Waals surface area contributed by atoms with Gasteiger partial charge >= 0.3 is 5.97 Å². The maximum Gasteiger partial charge on any atom is 0.335 e. The van der Waals surface area contributed by atoms with Crippen LogP contribution in [0.5, 0.6) is 5.75 Å². The molecule has 0 aliphatic carbocycles. The van der Waals surface area contributed by atoms with Crippen LogP contribution in [0.25, 0.3) is 6.08 Å². The fourth-order valence-corrected chi connectivity index (χ4v) is 4.81. The number of carboxylic acids is 1. The van der Waals surface area contributed by atoms with E-state index in [1.165, 1.54) is 28.8 Å². The fraction of sp³-hybridized carbons (Fsp3) is 0.0556. The molecule has 27 heavy (non-hydrogen) atoms. The Balaban J connectivity index is 1.92. The molecule has 0 saturated carbocycles. The molecule has 0 spiro atoms. The van der Waals surface area contributed by atoms with Crippen LogP contribution in [0.15, 0.2) is 50.8 Å². The van der Waals surface area contributed by atoms with Crippen molar-refractivity contribution in [2.45, 2.75) is 0 Å². The number of amides is 1. The van der Waals surface area contributed by atoms with Crippen molar-refractivity contribution in [3.63, 3.8) is 0 Å². The van der Waals surface area contributed by atoms with Gasteiger partial charge in [-0.15, -0.1) is 0 Å². The molecule has 138 valence electrons. The minimum Gasteiger partial charge on any atom is -0.506 e. The van der Waals surface area contributed by atoms with Crippen LogP contribution in [-0.2, 0) is 4.79 Å². The molecule has 1 aliphatic rings. The second-order valence-corrected chi connectivity index (χ2v) is 8.63. The number of carbonyl (C=O) groups excluding carboxylic acids is 1. The highest BCUT2D eigenvalue weighted by Crippen LogP contribution is 2.36. The van der Waals surface area contributed by atoms with Crippen LogP contribution >= 0.6 is 50.3 Å². The summed E-state index contributed by atoms with van der Waals surface area (Å²) in [5.41, 5.74) is 1.25. The lowest BCUT2D eigenvalue weighted by atomic mass is 10.2. The van der Waals surface area contributed by atoms with Gasteiger partial charge in [0.2, 0.25) is 0 Å². The highest BCUT2D eigenvalue weighted by molar-refractivity contribution is 14.1. The lowest BCUT2D eigenvalue weighted by molar-refractivity contribution is -0.121. The first-order valence-electron chi connectivity index (χ1n) is 7.54. The summed E-state index contributed by atoms with van der Waals surface area (Å²) in [5.74, 6) is -1.13. The first kappa shape index (κ1) is 19.9. The Labute approximate surface area is 181 Å². The minimum absolute atomic E-state index is 0.108. The predicted molar refractivity (Wildman–Crippen MR) is 117 cm³/mol. The molecule has 2 aromatic rings. The van der Waals surface area contributed by atoms with Gasteiger partial charge in [-0.3, -0.25) is 9.69 Å². The lowest BCUT2D eigenvalue weighted by Gasteiger charge is -2.07. The van der Waals surface area contributed by atoms with E-state index in [4.69, 9.17) is 5.11 Å². The van der Waals surface area contributed by atoms with E-state index in [9.17, 15) is 14.7 Å². The number of carboxylic acid groups (broad SMARTS) is 1. The van der Waals surface area contributed by atoms with E-state index >= 15 is 0 Å². The van der Waals surface area contributed by atoms with Crippen molar-refractivity contribution in [3.05, 3.63) is 60.5 Å². The molecular weight excluding hydrogens is 547 g/mol. The molecular formula is C18H12BrIN2O4S. The summed E-state index contributed by atoms with van der Waals surface area (Å²) in [6.45, 7) is 0. The summed E-state index contributed by atoms with van der Waals surface area (Å²) in [4.78, 5) is 29.7. The molecule has 2 N–H and O–H groups in total. The molecule has 1 amide bonds. The molecule has 6 nitrogen and oxygen atoms in total. The SMILES string of the molecule is CN1C(=O)C(=Cc2cc(Br)cc(I)c2O)SC1=Nc1ccc(C(=O)O)cc1. The number of rotatable bonds is 3. The number of benzene rings is 2. The van der Waals surface area contributed by atoms with Crippen molar-refractivity contribution in [2.75, 3.05) is 7.05 Å². The van der Waals surface area contributed by atoms with E-state index in [0.717, 1.165) is 4.47 Å². The Bertz CT molecular complexity index is 1010. The minimum atomic E-state index is -1.01. The van der Waals surface area contributed by atoms with Gasteiger partial charge in [0.15, 0.2) is 5.17 Å². The Morgan fingerprint density at radius 3 is 2.59 bits per heavy atom. The van der Waals surface area contributed by atoms with E-state index in [1.54, 1.807) is 37.4 Å². The Kier molecular flexibility index (Phi) is 5.92. The highest BCUT2D eigenvalue weighted by atomic mass is 127. The third-order valence-electron chi connectivity index (χ3n) is 3.69. The average molecular weight is 559 g/mol. The van der Waals surface area contributed by atoms with E-state index in [0.29, 0.717) is 24.9 Å². The number of likely N-dealkylation sites (N-methyl/N-ethyl adjacent to an activating group) is 1. The molecule has 0 unspecified atom stereocenters. The zero-order valence-corrected chi connectivity index (χ0v) is 18.4. The number of aromatic hydroxyl groups is 1. The van der Waals surface area contributed by atoms with Gasteiger partial charge in [0.05, 0.1) is 19.7 Å². The summed E-state index contributed by atoms with van der Waals surface area (Å²) in [5, 5.41) is 19.6. The van der Waals surface area contributed by atoms with Crippen molar-refractivity contribution in [1.82, 2.24) is 4.90 Å². The number of carbonyl (C=O) groups is 2. The van der Waals surface area contributed by atoms with Crippen LogP contribution in [0.1, 0.15) is 15.9 Å². The summed E-state index contributed by atoms with van der Waals surface area (Å²) in [6.07, 6.45) is 1.63. The Morgan fingerprint density at radius 1 is 1.30 bits per heavy atom. The number of amidine groups is 1. The maximum atomic E-state index is 12.5. The molecule has 0 atom stereocenters. The molecule has 1 fully saturated rings. The summed E-state index contributed by atoms with van der Waals surface area (Å²) in [7, 11) is 1.62. The number of phenols is 1. The number of hydrogen-bond donors (Lipinski definition) is 2. The lowest BCUT2D eigenvalue weighted by Crippen LogP contribution is -2.23. The summed E-state index contributed by atoms with van der Waals surface area (Å²) >= 11 is 6.59. The summed E-state index contributed by atoms with van der Waals surface area (Å²) in [6, 6.07) is 9.60. The second kappa shape index (κ2) is 8.03. The number of aliphatic imine (C=N–C) groups is 1. The van der Waals surface area contributed by atoms with Gasteiger partial charge in [-0.2, -0.15) is 0 Å². The molecule has 0 aromatic heterocycles. The first-order valence-corrected chi connectivity index (χ1v) is 10.2. The quantitative estimate of drug-likeness (QED) is 0.421. The molecule has 1 saturated heterocycles. The topological polar surface area (TPSA) is 90.2 Å². The van der Waals surface area contributed by atoms with Crippen LogP contribution in [-0.4, -0.2) is 39.2 Å². The smallest absolute Gasteiger partial charge is 0.335 e. The van der Waals surface area contributed by atoms with E-state index in [2.05, 4.69) is 20.9 Å². The monoisotopic (exact) mass is 558 g/mol. The number of phenolic OH excluding ortho intramolecular Hbond substituents is 1. The summed E-state index contributed by atoms with van der Waals surface area (Å²) < 4.78 is 1.47. The normalized spacial score (nSPS) is 17.1. The van der Waals surface area contributed by atoms with Crippen molar-refractivity contribution in [3.8, 4) is 5.75 Å². The van der Waals surface area contributed by atoms with Gasteiger partial charge in [0.25, 0.3) is 5.91 Å². The molecule has 0 radical (unpaired) electrons. The zero-order chi connectivity index (χ0) is 19.7. The van der Waals surface area contributed by atoms with Crippen molar-refractivity contribution >= 4 is 79.1 Å². The Morgan fingerprint density at radius 2 is 1.96 bits per heavy atom. The van der Waals surface area contributed by atoms with Gasteiger partial charge in [-0.25, -0.2) is 9.79 Å². The van der Waals surface area contributed by atoms with Crippen LogP contribution < -0.4 is 0 Å². The fourth-order valence-electron chi connectivity index (χ4n) is 2.28. The third-order valence-corrected chi connectivity index (χ3v) is 6.03.